The van der Waals surface area contributed by atoms with Crippen LogP contribution in [0.2, 0.25) is 0 Å². The summed E-state index contributed by atoms with van der Waals surface area (Å²) < 4.78 is 0. The maximum Gasteiger partial charge on any atom is 0.405 e. The number of carbonyl (C=O) groups excluding carboxylic acids is 1. The fourth-order valence-electron chi connectivity index (χ4n) is 1.10. The van der Waals surface area contributed by atoms with Gasteiger partial charge in [0.25, 0.3) is 0 Å². The number of hydrogen-bond donors (Lipinski definition) is 3. The maximum atomic E-state index is 11.4. The second-order valence-electron chi connectivity index (χ2n) is 2.85. The highest BCUT2D eigenvalue weighted by Gasteiger charge is 2.23. The van der Waals surface area contributed by atoms with Gasteiger partial charge in [0.15, 0.2) is 0 Å². The van der Waals surface area contributed by atoms with Gasteiger partial charge in [0.2, 0.25) is 5.91 Å². The monoisotopic (exact) mass is 239 g/mol. The number of nitrogens with one attached hydrogen (secondary N) is 2. The largest absolute Gasteiger partial charge is 0.465 e. The second-order valence-corrected chi connectivity index (χ2v) is 3.79. The third-order valence-corrected chi connectivity index (χ3v) is 2.81. The van der Waals surface area contributed by atoms with Gasteiger partial charge in [-0.15, -0.1) is 11.3 Å². The Hall–Kier alpha value is -2.07. The van der Waals surface area contributed by atoms with Crippen LogP contribution < -0.4 is 10.6 Å². The molecule has 0 radical (unpaired) electrons. The fraction of sp³-hybridized carbons (Fsp3) is 0.222. The van der Waals surface area contributed by atoms with E-state index in [-0.39, 0.29) is 0 Å². The van der Waals surface area contributed by atoms with E-state index in [4.69, 9.17) is 10.4 Å². The standard InChI is InChI=1S/C9H9N3O3S/c1-11-8(13)7(12-9(14)15)6-2-5(3-10)4-16-6/h2,4,7,12H,1H3,(H,11,13)(H,14,15). The van der Waals surface area contributed by atoms with Crippen molar-refractivity contribution in [2.75, 3.05) is 7.05 Å². The Kier molecular flexibility index (Phi) is 3.85. The smallest absolute Gasteiger partial charge is 0.405 e. The highest BCUT2D eigenvalue weighted by molar-refractivity contribution is 7.10. The Balaban J connectivity index is 2.96. The number of rotatable bonds is 3. The minimum absolute atomic E-state index is 0.404. The molecular formula is C9H9N3O3S. The zero-order valence-corrected chi connectivity index (χ0v) is 9.17. The van der Waals surface area contributed by atoms with E-state index in [0.29, 0.717) is 10.4 Å². The van der Waals surface area contributed by atoms with Gasteiger partial charge in [0, 0.05) is 17.3 Å². The number of hydrogen-bond acceptors (Lipinski definition) is 4. The van der Waals surface area contributed by atoms with Crippen molar-refractivity contribution in [3.05, 3.63) is 21.9 Å². The molecule has 0 fully saturated rings. The molecule has 1 aromatic heterocycles. The van der Waals surface area contributed by atoms with Crippen LogP contribution in [0.15, 0.2) is 11.4 Å². The van der Waals surface area contributed by atoms with Crippen molar-refractivity contribution in [1.82, 2.24) is 10.6 Å². The van der Waals surface area contributed by atoms with Crippen LogP contribution in [0.25, 0.3) is 0 Å². The van der Waals surface area contributed by atoms with Crippen LogP contribution in [0, 0.1) is 11.3 Å². The van der Waals surface area contributed by atoms with E-state index in [1.807, 2.05) is 6.07 Å². The number of carboxylic acid groups (broad SMARTS) is 1. The third-order valence-electron chi connectivity index (χ3n) is 1.81. The van der Waals surface area contributed by atoms with Gasteiger partial charge >= 0.3 is 6.09 Å². The highest BCUT2D eigenvalue weighted by Crippen LogP contribution is 2.22. The lowest BCUT2D eigenvalue weighted by atomic mass is 10.2. The molecule has 0 aromatic carbocycles. The van der Waals surface area contributed by atoms with Crippen molar-refractivity contribution in [3.63, 3.8) is 0 Å². The molecule has 1 atom stereocenters. The molecule has 0 spiro atoms. The molecule has 3 N–H and O–H groups in total. The molecule has 1 aromatic rings. The molecule has 0 bridgehead atoms. The lowest BCUT2D eigenvalue weighted by Gasteiger charge is -2.13. The summed E-state index contributed by atoms with van der Waals surface area (Å²) in [5, 5.41) is 23.2. The van der Waals surface area contributed by atoms with Crippen LogP contribution in [-0.4, -0.2) is 24.2 Å². The van der Waals surface area contributed by atoms with E-state index in [1.165, 1.54) is 13.1 Å². The van der Waals surface area contributed by atoms with Gasteiger partial charge in [-0.2, -0.15) is 5.26 Å². The van der Waals surface area contributed by atoms with Gasteiger partial charge in [-0.1, -0.05) is 0 Å². The Labute approximate surface area is 95.5 Å². The average molecular weight is 239 g/mol. The van der Waals surface area contributed by atoms with Crippen LogP contribution in [0.3, 0.4) is 0 Å². The van der Waals surface area contributed by atoms with Gasteiger partial charge in [-0.25, -0.2) is 4.79 Å². The number of amides is 2. The molecule has 1 heterocycles. The molecule has 0 aliphatic rings. The topological polar surface area (TPSA) is 102 Å². The first-order valence-electron chi connectivity index (χ1n) is 4.28. The van der Waals surface area contributed by atoms with Crippen molar-refractivity contribution in [1.29, 1.82) is 5.26 Å². The van der Waals surface area contributed by atoms with E-state index in [1.54, 1.807) is 5.38 Å². The minimum atomic E-state index is -1.29. The molecular weight excluding hydrogens is 230 g/mol. The molecule has 0 aliphatic carbocycles. The summed E-state index contributed by atoms with van der Waals surface area (Å²) in [6.45, 7) is 0. The van der Waals surface area contributed by atoms with Crippen LogP contribution in [0.4, 0.5) is 4.79 Å². The summed E-state index contributed by atoms with van der Waals surface area (Å²) in [5.74, 6) is -0.464. The van der Waals surface area contributed by atoms with E-state index in [0.717, 1.165) is 11.3 Å². The molecule has 0 aliphatic heterocycles. The fourth-order valence-corrected chi connectivity index (χ4v) is 1.98. The van der Waals surface area contributed by atoms with E-state index in [2.05, 4.69) is 10.6 Å². The van der Waals surface area contributed by atoms with Crippen molar-refractivity contribution in [2.24, 2.45) is 0 Å². The predicted molar refractivity (Wildman–Crippen MR) is 57.0 cm³/mol. The van der Waals surface area contributed by atoms with Gasteiger partial charge in [-0.05, 0) is 6.07 Å². The Morgan fingerprint density at radius 3 is 2.75 bits per heavy atom. The summed E-state index contributed by atoms with van der Waals surface area (Å²) in [6, 6.07) is 2.43. The first-order chi connectivity index (χ1) is 7.58. The number of thiophene rings is 1. The zero-order chi connectivity index (χ0) is 12.1. The molecule has 0 saturated heterocycles. The summed E-state index contributed by atoms with van der Waals surface area (Å²) in [5.41, 5.74) is 0.404. The van der Waals surface area contributed by atoms with Crippen molar-refractivity contribution in [3.8, 4) is 6.07 Å². The van der Waals surface area contributed by atoms with Crippen LogP contribution >= 0.6 is 11.3 Å². The van der Waals surface area contributed by atoms with Crippen LogP contribution in [0.1, 0.15) is 16.5 Å². The van der Waals surface area contributed by atoms with Crippen molar-refractivity contribution < 1.29 is 14.7 Å². The lowest BCUT2D eigenvalue weighted by molar-refractivity contribution is -0.122. The number of nitrogens with zero attached hydrogens (tertiary/aromatic N) is 1. The maximum absolute atomic E-state index is 11.4. The Morgan fingerprint density at radius 2 is 2.31 bits per heavy atom. The Bertz CT molecular complexity index is 449. The van der Waals surface area contributed by atoms with Crippen LogP contribution in [-0.2, 0) is 4.79 Å². The van der Waals surface area contributed by atoms with Crippen molar-refractivity contribution in [2.45, 2.75) is 6.04 Å². The minimum Gasteiger partial charge on any atom is -0.465 e. The SMILES string of the molecule is CNC(=O)C(NC(=O)O)c1cc(C#N)cs1. The molecule has 1 rings (SSSR count). The molecule has 7 heteroatoms. The number of nitriles is 1. The van der Waals surface area contributed by atoms with E-state index < -0.39 is 18.0 Å². The van der Waals surface area contributed by atoms with E-state index >= 15 is 0 Å². The average Bonchev–Trinajstić information content (AvgIpc) is 2.72. The zero-order valence-electron chi connectivity index (χ0n) is 8.35. The van der Waals surface area contributed by atoms with Crippen LogP contribution in [0.5, 0.6) is 0 Å². The van der Waals surface area contributed by atoms with Crippen molar-refractivity contribution >= 4 is 23.3 Å². The summed E-state index contributed by atoms with van der Waals surface area (Å²) >= 11 is 1.16. The van der Waals surface area contributed by atoms with Gasteiger partial charge < -0.3 is 15.7 Å². The number of carbonyl (C=O) groups is 2. The molecule has 1 unspecified atom stereocenters. The predicted octanol–water partition coefficient (Wildman–Crippen LogP) is 0.674. The molecule has 6 nitrogen and oxygen atoms in total. The quantitative estimate of drug-likeness (QED) is 0.721. The summed E-state index contributed by atoms with van der Waals surface area (Å²) in [4.78, 5) is 22.4. The first kappa shape index (κ1) is 12.0. The highest BCUT2D eigenvalue weighted by atomic mass is 32.1. The van der Waals surface area contributed by atoms with E-state index in [9.17, 15) is 9.59 Å². The molecule has 2 amide bonds. The molecule has 84 valence electrons. The summed E-state index contributed by atoms with van der Waals surface area (Å²) in [6.07, 6.45) is -1.29. The van der Waals surface area contributed by atoms with Gasteiger partial charge in [-0.3, -0.25) is 4.79 Å². The normalized spacial score (nSPS) is 11.2. The Morgan fingerprint density at radius 1 is 1.62 bits per heavy atom. The lowest BCUT2D eigenvalue weighted by Crippen LogP contribution is -2.37. The third kappa shape index (κ3) is 2.71. The summed E-state index contributed by atoms with van der Waals surface area (Å²) in [7, 11) is 1.41. The van der Waals surface area contributed by atoms with Gasteiger partial charge in [0.05, 0.1) is 5.56 Å². The first-order valence-corrected chi connectivity index (χ1v) is 5.16. The second kappa shape index (κ2) is 5.14. The molecule has 16 heavy (non-hydrogen) atoms. The number of likely N-dealkylation sites (N-methyl/N-ethyl adjacent to an activating group) is 1. The molecule has 0 saturated carbocycles. The van der Waals surface area contributed by atoms with Gasteiger partial charge in [0.1, 0.15) is 12.1 Å².